The lowest BCUT2D eigenvalue weighted by atomic mass is 9.77. The fourth-order valence-electron chi connectivity index (χ4n) is 2.41. The van der Waals surface area contributed by atoms with Crippen LogP contribution in [0, 0.1) is 11.3 Å². The fourth-order valence-corrected chi connectivity index (χ4v) is 3.12. The first-order chi connectivity index (χ1) is 8.62. The quantitative estimate of drug-likeness (QED) is 0.682. The number of nitrogens with one attached hydrogen (secondary N) is 1. The standard InChI is InChI=1S/C16H29NS/c1-5-16(6-2,13-17-11-14(3)4)9-7-15-8-10-18-12-15/h8,10,12,14,17H,5-7,9,11,13H2,1-4H3. The Labute approximate surface area is 117 Å². The van der Waals surface area contributed by atoms with E-state index in [1.54, 1.807) is 0 Å². The first kappa shape index (κ1) is 15.7. The normalized spacial score (nSPS) is 12.3. The summed E-state index contributed by atoms with van der Waals surface area (Å²) in [6.07, 6.45) is 5.09. The Balaban J connectivity index is 2.45. The third-order valence-electron chi connectivity index (χ3n) is 4.08. The van der Waals surface area contributed by atoms with Crippen LogP contribution in [0.15, 0.2) is 16.8 Å². The lowest BCUT2D eigenvalue weighted by Gasteiger charge is -2.32. The molecule has 1 N–H and O–H groups in total. The topological polar surface area (TPSA) is 12.0 Å². The third kappa shape index (κ3) is 5.11. The molecule has 0 saturated carbocycles. The van der Waals surface area contributed by atoms with Crippen LogP contribution >= 0.6 is 11.3 Å². The second-order valence-corrected chi connectivity index (χ2v) is 6.64. The molecule has 104 valence electrons. The summed E-state index contributed by atoms with van der Waals surface area (Å²) in [5.41, 5.74) is 1.99. The number of rotatable bonds is 9. The zero-order valence-corrected chi connectivity index (χ0v) is 13.3. The highest BCUT2D eigenvalue weighted by Gasteiger charge is 2.25. The molecule has 0 aliphatic carbocycles. The van der Waals surface area contributed by atoms with E-state index in [9.17, 15) is 0 Å². The molecule has 1 aromatic rings. The highest BCUT2D eigenvalue weighted by Crippen LogP contribution is 2.31. The Kier molecular flexibility index (Phi) is 6.95. The number of aryl methyl sites for hydroxylation is 1. The van der Waals surface area contributed by atoms with E-state index in [1.807, 2.05) is 11.3 Å². The molecule has 0 bridgehead atoms. The van der Waals surface area contributed by atoms with Crippen molar-refractivity contribution in [2.45, 2.75) is 53.4 Å². The summed E-state index contributed by atoms with van der Waals surface area (Å²) in [6, 6.07) is 2.27. The predicted molar refractivity (Wildman–Crippen MR) is 83.4 cm³/mol. The monoisotopic (exact) mass is 267 g/mol. The molecule has 0 unspecified atom stereocenters. The smallest absolute Gasteiger partial charge is 0.000783 e. The van der Waals surface area contributed by atoms with Crippen LogP contribution in [0.5, 0.6) is 0 Å². The van der Waals surface area contributed by atoms with E-state index in [4.69, 9.17) is 0 Å². The first-order valence-corrected chi connectivity index (χ1v) is 8.28. The molecule has 0 aliphatic rings. The van der Waals surface area contributed by atoms with Gasteiger partial charge in [-0.2, -0.15) is 11.3 Å². The van der Waals surface area contributed by atoms with Gasteiger partial charge in [-0.05, 0) is 66.0 Å². The van der Waals surface area contributed by atoms with Crippen LogP contribution in [0.2, 0.25) is 0 Å². The molecular weight excluding hydrogens is 238 g/mol. The van der Waals surface area contributed by atoms with Crippen molar-refractivity contribution in [3.63, 3.8) is 0 Å². The lowest BCUT2D eigenvalue weighted by Crippen LogP contribution is -2.35. The van der Waals surface area contributed by atoms with E-state index >= 15 is 0 Å². The number of thiophene rings is 1. The molecule has 0 fully saturated rings. The van der Waals surface area contributed by atoms with Crippen molar-refractivity contribution in [1.82, 2.24) is 5.32 Å². The third-order valence-corrected chi connectivity index (χ3v) is 4.81. The summed E-state index contributed by atoms with van der Waals surface area (Å²) in [7, 11) is 0. The molecule has 1 aromatic heterocycles. The van der Waals surface area contributed by atoms with Crippen molar-refractivity contribution >= 4 is 11.3 Å². The van der Waals surface area contributed by atoms with Crippen LogP contribution in [0.3, 0.4) is 0 Å². The van der Waals surface area contributed by atoms with Gasteiger partial charge in [-0.1, -0.05) is 27.7 Å². The molecular formula is C16H29NS. The Morgan fingerprint density at radius 2 is 2.00 bits per heavy atom. The maximum absolute atomic E-state index is 3.66. The number of hydrogen-bond acceptors (Lipinski definition) is 2. The SMILES string of the molecule is CCC(CC)(CCc1ccsc1)CNCC(C)C. The molecule has 0 saturated heterocycles. The van der Waals surface area contributed by atoms with Gasteiger partial charge in [0.25, 0.3) is 0 Å². The van der Waals surface area contributed by atoms with E-state index in [0.717, 1.165) is 12.5 Å². The maximum Gasteiger partial charge on any atom is 0.000783 e. The van der Waals surface area contributed by atoms with Crippen molar-refractivity contribution in [1.29, 1.82) is 0 Å². The maximum atomic E-state index is 3.66. The van der Waals surface area contributed by atoms with Gasteiger partial charge in [-0.3, -0.25) is 0 Å². The van der Waals surface area contributed by atoms with Crippen molar-refractivity contribution in [2.75, 3.05) is 13.1 Å². The molecule has 1 nitrogen and oxygen atoms in total. The van der Waals surface area contributed by atoms with Crippen molar-refractivity contribution in [3.05, 3.63) is 22.4 Å². The molecule has 0 aromatic carbocycles. The largest absolute Gasteiger partial charge is 0.316 e. The van der Waals surface area contributed by atoms with Gasteiger partial charge in [0.2, 0.25) is 0 Å². The van der Waals surface area contributed by atoms with Gasteiger partial charge in [0.15, 0.2) is 0 Å². The summed E-state index contributed by atoms with van der Waals surface area (Å²) in [5.74, 6) is 0.744. The molecule has 2 heteroatoms. The minimum atomic E-state index is 0.483. The predicted octanol–water partition coefficient (Wildman–Crippen LogP) is 4.73. The Hall–Kier alpha value is -0.340. The van der Waals surface area contributed by atoms with Crippen LogP contribution < -0.4 is 5.32 Å². The summed E-state index contributed by atoms with van der Waals surface area (Å²) < 4.78 is 0. The van der Waals surface area contributed by atoms with E-state index in [0.29, 0.717) is 5.41 Å². The zero-order chi connectivity index (χ0) is 13.4. The molecule has 1 heterocycles. The zero-order valence-electron chi connectivity index (χ0n) is 12.5. The summed E-state index contributed by atoms with van der Waals surface area (Å²) in [5, 5.41) is 8.14. The van der Waals surface area contributed by atoms with Gasteiger partial charge in [-0.25, -0.2) is 0 Å². The molecule has 1 rings (SSSR count). The average molecular weight is 267 g/mol. The Morgan fingerprint density at radius 3 is 2.50 bits per heavy atom. The summed E-state index contributed by atoms with van der Waals surface area (Å²) in [4.78, 5) is 0. The van der Waals surface area contributed by atoms with Crippen molar-refractivity contribution < 1.29 is 0 Å². The first-order valence-electron chi connectivity index (χ1n) is 7.33. The van der Waals surface area contributed by atoms with Gasteiger partial charge < -0.3 is 5.32 Å². The molecule has 0 radical (unpaired) electrons. The summed E-state index contributed by atoms with van der Waals surface area (Å²) >= 11 is 1.81. The highest BCUT2D eigenvalue weighted by molar-refractivity contribution is 7.07. The molecule has 18 heavy (non-hydrogen) atoms. The van der Waals surface area contributed by atoms with E-state index in [-0.39, 0.29) is 0 Å². The van der Waals surface area contributed by atoms with Crippen LogP contribution in [0.1, 0.15) is 52.5 Å². The lowest BCUT2D eigenvalue weighted by molar-refractivity contribution is 0.225. The average Bonchev–Trinajstić information content (AvgIpc) is 2.86. The van der Waals surface area contributed by atoms with E-state index in [1.165, 1.54) is 37.8 Å². The minimum Gasteiger partial charge on any atom is -0.316 e. The second kappa shape index (κ2) is 7.96. The van der Waals surface area contributed by atoms with Gasteiger partial charge in [0.05, 0.1) is 0 Å². The second-order valence-electron chi connectivity index (χ2n) is 5.86. The molecule has 0 amide bonds. The molecule has 0 spiro atoms. The van der Waals surface area contributed by atoms with Gasteiger partial charge >= 0.3 is 0 Å². The van der Waals surface area contributed by atoms with Gasteiger partial charge in [-0.15, -0.1) is 0 Å². The molecule has 0 aliphatic heterocycles. The van der Waals surface area contributed by atoms with Crippen molar-refractivity contribution in [3.8, 4) is 0 Å². The van der Waals surface area contributed by atoms with Gasteiger partial charge in [0.1, 0.15) is 0 Å². The Morgan fingerprint density at radius 1 is 1.28 bits per heavy atom. The van der Waals surface area contributed by atoms with Gasteiger partial charge in [0, 0.05) is 6.54 Å². The van der Waals surface area contributed by atoms with Crippen LogP contribution in [0.4, 0.5) is 0 Å². The van der Waals surface area contributed by atoms with Crippen molar-refractivity contribution in [2.24, 2.45) is 11.3 Å². The van der Waals surface area contributed by atoms with Crippen LogP contribution in [-0.2, 0) is 6.42 Å². The molecule has 0 atom stereocenters. The van der Waals surface area contributed by atoms with Crippen LogP contribution in [0.25, 0.3) is 0 Å². The minimum absolute atomic E-state index is 0.483. The van der Waals surface area contributed by atoms with Crippen LogP contribution in [-0.4, -0.2) is 13.1 Å². The number of hydrogen-bond donors (Lipinski definition) is 1. The van der Waals surface area contributed by atoms with E-state index in [2.05, 4.69) is 49.8 Å². The Bertz CT molecular complexity index is 299. The van der Waals surface area contributed by atoms with E-state index < -0.39 is 0 Å². The fraction of sp³-hybridized carbons (Fsp3) is 0.750. The highest BCUT2D eigenvalue weighted by atomic mass is 32.1. The summed E-state index contributed by atoms with van der Waals surface area (Å²) in [6.45, 7) is 11.5.